The van der Waals surface area contributed by atoms with Crippen molar-refractivity contribution in [2.75, 3.05) is 6.61 Å². The van der Waals surface area contributed by atoms with Gasteiger partial charge in [0.05, 0.1) is 12.3 Å². The smallest absolute Gasteiger partial charge is 0.417 e. The van der Waals surface area contributed by atoms with E-state index in [0.717, 1.165) is 17.6 Å². The highest BCUT2D eigenvalue weighted by Gasteiger charge is 2.44. The Hall–Kier alpha value is -2.34. The molecule has 2 amide bonds. The summed E-state index contributed by atoms with van der Waals surface area (Å²) in [5.41, 5.74) is 2.21. The lowest BCUT2D eigenvalue weighted by molar-refractivity contribution is -0.124. The second kappa shape index (κ2) is 11.2. The van der Waals surface area contributed by atoms with E-state index in [2.05, 4.69) is 54.6 Å². The Bertz CT molecular complexity index is 873. The average molecular weight is 472 g/mol. The molecule has 0 N–H and O–H groups in total. The summed E-state index contributed by atoms with van der Waals surface area (Å²) in [6.45, 7) is 18.0. The van der Waals surface area contributed by atoms with Gasteiger partial charge in [-0.25, -0.2) is 9.69 Å². The second-order valence-corrected chi connectivity index (χ2v) is 15.2. The van der Waals surface area contributed by atoms with Gasteiger partial charge in [-0.3, -0.25) is 4.79 Å². The third-order valence-electron chi connectivity index (χ3n) is 7.27. The van der Waals surface area contributed by atoms with E-state index < -0.39 is 14.4 Å². The van der Waals surface area contributed by atoms with Crippen LogP contribution >= 0.6 is 0 Å². The van der Waals surface area contributed by atoms with Crippen LogP contribution in [0.25, 0.3) is 0 Å². The molecule has 0 unspecified atom stereocenters. The monoisotopic (exact) mass is 471 g/mol. The van der Waals surface area contributed by atoms with E-state index >= 15 is 0 Å². The zero-order valence-corrected chi connectivity index (χ0v) is 22.6. The molecule has 0 radical (unpaired) electrons. The van der Waals surface area contributed by atoms with Crippen molar-refractivity contribution in [1.29, 1.82) is 0 Å². The Labute approximate surface area is 201 Å². The number of allylic oxidation sites excluding steroid dienone is 2. The third-order valence-corrected chi connectivity index (χ3v) is 11.7. The van der Waals surface area contributed by atoms with E-state index in [4.69, 9.17) is 9.16 Å². The molecule has 33 heavy (non-hydrogen) atoms. The number of ether oxygens (including phenoxy) is 1. The minimum Gasteiger partial charge on any atom is -0.549 e. The first kappa shape index (κ1) is 26.9. The van der Waals surface area contributed by atoms with E-state index in [1.807, 2.05) is 42.7 Å². The maximum Gasteiger partial charge on any atom is 0.417 e. The summed E-state index contributed by atoms with van der Waals surface area (Å²) < 4.78 is 11.5. The van der Waals surface area contributed by atoms with Gasteiger partial charge in [0.15, 0.2) is 0 Å². The molecule has 5 nitrogen and oxygen atoms in total. The minimum absolute atomic E-state index is 0.142. The zero-order valence-electron chi connectivity index (χ0n) is 21.6. The van der Waals surface area contributed by atoms with Crippen molar-refractivity contribution in [2.45, 2.75) is 78.6 Å². The summed E-state index contributed by atoms with van der Waals surface area (Å²) in [4.78, 5) is 26.2. The molecule has 1 fully saturated rings. The lowest BCUT2D eigenvalue weighted by Gasteiger charge is -2.41. The molecule has 1 aliphatic rings. The molecule has 1 aliphatic heterocycles. The van der Waals surface area contributed by atoms with Gasteiger partial charge in [0.2, 0.25) is 8.32 Å². The standard InChI is InChI=1S/C27H41NO4Si/c1-20(2)27(5,6)33(7,8)32-18-22(4)16-21(3)14-15-25(29)28-24(19-31-26(28)30)17-23-12-10-9-11-13-23/h9-15,18,20-21,24H,16-17,19H2,1-8H3/t21-,24+/m1/s1. The van der Waals surface area contributed by atoms with Gasteiger partial charge < -0.3 is 9.16 Å². The Morgan fingerprint density at radius 1 is 1.24 bits per heavy atom. The average Bonchev–Trinajstić information content (AvgIpc) is 3.11. The molecular weight excluding hydrogens is 430 g/mol. The first-order valence-corrected chi connectivity index (χ1v) is 14.8. The molecule has 6 heteroatoms. The molecule has 2 rings (SSSR count). The first-order chi connectivity index (χ1) is 15.3. The zero-order chi connectivity index (χ0) is 24.8. The maximum atomic E-state index is 12.8. The van der Waals surface area contributed by atoms with Gasteiger partial charge in [-0.15, -0.1) is 0 Å². The number of amides is 2. The fourth-order valence-corrected chi connectivity index (χ4v) is 6.00. The van der Waals surface area contributed by atoms with Crippen LogP contribution in [0.15, 0.2) is 54.3 Å². The number of carbonyl (C=O) groups excluding carboxylic acids is 2. The van der Waals surface area contributed by atoms with Crippen LogP contribution in [-0.2, 0) is 20.4 Å². The van der Waals surface area contributed by atoms with E-state index in [0.29, 0.717) is 12.3 Å². The molecule has 1 aromatic rings. The largest absolute Gasteiger partial charge is 0.549 e. The molecule has 0 aromatic heterocycles. The topological polar surface area (TPSA) is 55.8 Å². The highest BCUT2D eigenvalue weighted by atomic mass is 28.4. The summed E-state index contributed by atoms with van der Waals surface area (Å²) in [6.07, 6.45) is 6.09. The lowest BCUT2D eigenvalue weighted by atomic mass is 9.99. The fourth-order valence-electron chi connectivity index (χ4n) is 3.81. The Morgan fingerprint density at radius 2 is 1.88 bits per heavy atom. The van der Waals surface area contributed by atoms with Crippen LogP contribution in [0.4, 0.5) is 4.79 Å². The third kappa shape index (κ3) is 7.07. The highest BCUT2D eigenvalue weighted by Crippen LogP contribution is 2.44. The molecule has 0 bridgehead atoms. The summed E-state index contributed by atoms with van der Waals surface area (Å²) in [5.74, 6) is 0.363. The van der Waals surface area contributed by atoms with Crippen LogP contribution in [0.3, 0.4) is 0 Å². The second-order valence-electron chi connectivity index (χ2n) is 10.6. The van der Waals surface area contributed by atoms with Crippen molar-refractivity contribution in [3.05, 3.63) is 59.9 Å². The Kier molecular flexibility index (Phi) is 9.12. The number of benzene rings is 1. The fraction of sp³-hybridized carbons (Fsp3) is 0.556. The molecule has 1 saturated heterocycles. The first-order valence-electron chi connectivity index (χ1n) is 11.9. The lowest BCUT2D eigenvalue weighted by Crippen LogP contribution is -2.44. The molecule has 1 heterocycles. The van der Waals surface area contributed by atoms with Crippen LogP contribution in [0.2, 0.25) is 18.1 Å². The summed E-state index contributed by atoms with van der Waals surface area (Å²) in [7, 11) is -1.92. The van der Waals surface area contributed by atoms with Crippen molar-refractivity contribution >= 4 is 20.3 Å². The van der Waals surface area contributed by atoms with Crippen LogP contribution in [0.5, 0.6) is 0 Å². The van der Waals surface area contributed by atoms with Gasteiger partial charge in [-0.1, -0.05) is 71.0 Å². The van der Waals surface area contributed by atoms with Gasteiger partial charge in [-0.2, -0.15) is 0 Å². The van der Waals surface area contributed by atoms with Gasteiger partial charge >= 0.3 is 6.09 Å². The molecule has 182 valence electrons. The molecule has 2 atom stereocenters. The van der Waals surface area contributed by atoms with E-state index in [9.17, 15) is 9.59 Å². The van der Waals surface area contributed by atoms with E-state index in [1.54, 1.807) is 0 Å². The number of hydrogen-bond acceptors (Lipinski definition) is 4. The highest BCUT2D eigenvalue weighted by molar-refractivity contribution is 6.74. The van der Waals surface area contributed by atoms with Crippen LogP contribution in [0, 0.1) is 11.8 Å². The van der Waals surface area contributed by atoms with Crippen molar-refractivity contribution < 1.29 is 18.8 Å². The van der Waals surface area contributed by atoms with Gasteiger partial charge in [0, 0.05) is 0 Å². The van der Waals surface area contributed by atoms with E-state index in [1.165, 1.54) is 11.0 Å². The molecule has 0 aliphatic carbocycles. The molecule has 0 spiro atoms. The number of imide groups is 1. The number of hydrogen-bond donors (Lipinski definition) is 0. The minimum atomic E-state index is -1.92. The molecule has 1 aromatic carbocycles. The van der Waals surface area contributed by atoms with Gasteiger partial charge in [-0.05, 0) is 66.9 Å². The van der Waals surface area contributed by atoms with Crippen LogP contribution in [-0.4, -0.2) is 37.9 Å². The van der Waals surface area contributed by atoms with Gasteiger partial charge in [0.25, 0.3) is 5.91 Å². The van der Waals surface area contributed by atoms with Crippen LogP contribution in [0.1, 0.15) is 53.5 Å². The number of cyclic esters (lactones) is 1. The van der Waals surface area contributed by atoms with Crippen molar-refractivity contribution in [2.24, 2.45) is 11.8 Å². The maximum absolute atomic E-state index is 12.8. The summed E-state index contributed by atoms with van der Waals surface area (Å²) in [6, 6.07) is 9.56. The van der Waals surface area contributed by atoms with Crippen molar-refractivity contribution in [3.8, 4) is 0 Å². The SMILES string of the molecule is CC(=CO[Si](C)(C)C(C)(C)C(C)C)C[C@H](C)C=CC(=O)N1C(=O)OC[C@@H]1Cc1ccccc1. The predicted molar refractivity (Wildman–Crippen MR) is 136 cm³/mol. The number of nitrogens with zero attached hydrogens (tertiary/aromatic N) is 1. The Balaban J connectivity index is 1.95. The number of carbonyl (C=O) groups is 2. The van der Waals surface area contributed by atoms with Crippen molar-refractivity contribution in [3.63, 3.8) is 0 Å². The Morgan fingerprint density at radius 3 is 2.48 bits per heavy atom. The molecule has 0 saturated carbocycles. The molecular formula is C27H41NO4Si. The number of rotatable bonds is 10. The van der Waals surface area contributed by atoms with E-state index in [-0.39, 0.29) is 29.5 Å². The summed E-state index contributed by atoms with van der Waals surface area (Å²) in [5, 5.41) is 0.155. The normalized spacial score (nSPS) is 18.7. The van der Waals surface area contributed by atoms with Gasteiger partial charge in [0.1, 0.15) is 6.61 Å². The van der Waals surface area contributed by atoms with Crippen LogP contribution < -0.4 is 0 Å². The predicted octanol–water partition coefficient (Wildman–Crippen LogP) is 6.72. The van der Waals surface area contributed by atoms with Crippen molar-refractivity contribution in [1.82, 2.24) is 4.90 Å². The quantitative estimate of drug-likeness (QED) is 0.216. The summed E-state index contributed by atoms with van der Waals surface area (Å²) >= 11 is 0.